The van der Waals surface area contributed by atoms with Crippen LogP contribution in [0.3, 0.4) is 0 Å². The average Bonchev–Trinajstić information content (AvgIpc) is 2.96. The molecule has 3 aromatic rings. The molecule has 0 atom stereocenters. The van der Waals surface area contributed by atoms with Crippen LogP contribution in [-0.4, -0.2) is 21.8 Å². The van der Waals surface area contributed by atoms with Gasteiger partial charge in [0, 0.05) is 18.3 Å². The van der Waals surface area contributed by atoms with E-state index in [0.29, 0.717) is 10.7 Å². The molecule has 0 fully saturated rings. The Morgan fingerprint density at radius 3 is 2.68 bits per heavy atom. The maximum atomic E-state index is 12.3. The molecule has 3 rings (SSSR count). The third-order valence-corrected chi connectivity index (χ3v) is 3.81. The number of pyridine rings is 1. The minimum absolute atomic E-state index is 0.0836. The molecule has 0 spiro atoms. The largest absolute Gasteiger partial charge is 0.539 e. The molecule has 6 nitrogen and oxygen atoms in total. The van der Waals surface area contributed by atoms with E-state index in [2.05, 4.69) is 14.8 Å². The lowest BCUT2D eigenvalue weighted by Gasteiger charge is -1.99. The van der Waals surface area contributed by atoms with Gasteiger partial charge in [0.25, 0.3) is 0 Å². The summed E-state index contributed by atoms with van der Waals surface area (Å²) in [7, 11) is 0. The summed E-state index contributed by atoms with van der Waals surface area (Å²) in [6.07, 6.45) is 1.65. The van der Waals surface area contributed by atoms with Gasteiger partial charge in [-0.05, 0) is 16.8 Å². The molecule has 2 heterocycles. The molecule has 0 N–H and O–H groups in total. The van der Waals surface area contributed by atoms with E-state index < -0.39 is 5.95 Å². The van der Waals surface area contributed by atoms with Crippen LogP contribution in [0.2, 0.25) is 0 Å². The smallest absolute Gasteiger partial charge is 0.307 e. The summed E-state index contributed by atoms with van der Waals surface area (Å²) in [4.78, 5) is 16.4. The number of hydrogen-bond donors (Lipinski definition) is 0. The van der Waals surface area contributed by atoms with E-state index in [0.717, 1.165) is 0 Å². The number of thioether (sulfide) groups is 1. The minimum atomic E-state index is -0.740. The second-order valence-corrected chi connectivity index (χ2v) is 5.33. The quantitative estimate of drug-likeness (QED) is 0.402. The first kappa shape index (κ1) is 14.3. The molecule has 0 saturated carbocycles. The van der Waals surface area contributed by atoms with Crippen molar-refractivity contribution >= 4 is 17.5 Å². The topological polar surface area (TPSA) is 82.9 Å². The van der Waals surface area contributed by atoms with Gasteiger partial charge in [-0.1, -0.05) is 36.0 Å². The molecule has 22 heavy (non-hydrogen) atoms. The number of para-hydroxylation sites is 1. The fourth-order valence-corrected chi connectivity index (χ4v) is 2.59. The summed E-state index contributed by atoms with van der Waals surface area (Å²) in [6, 6.07) is 14.3. The number of aromatic nitrogens is 3. The highest BCUT2D eigenvalue weighted by atomic mass is 32.2. The van der Waals surface area contributed by atoms with E-state index in [1.807, 2.05) is 12.1 Å². The standard InChI is InChI=1S/C15H11N3O3S/c19-12(10-22-13-8-4-5-9-16-13)14-15(20)21-17-18(14)11-6-2-1-3-7-11/h1-9H,10H2. The molecule has 0 bridgehead atoms. The first-order valence-electron chi connectivity index (χ1n) is 6.47. The maximum absolute atomic E-state index is 12.3. The van der Waals surface area contributed by atoms with E-state index in [1.54, 1.807) is 42.6 Å². The van der Waals surface area contributed by atoms with Crippen molar-refractivity contribution in [1.29, 1.82) is 0 Å². The van der Waals surface area contributed by atoms with Crippen LogP contribution < -0.4 is 9.79 Å². The van der Waals surface area contributed by atoms with E-state index in [1.165, 1.54) is 16.4 Å². The zero-order valence-corrected chi connectivity index (χ0v) is 12.2. The Morgan fingerprint density at radius 1 is 1.18 bits per heavy atom. The predicted octanol–water partition coefficient (Wildman–Crippen LogP) is 1.39. The van der Waals surface area contributed by atoms with Gasteiger partial charge in [-0.25, -0.2) is 4.98 Å². The SMILES string of the molecule is O=C(CSc1ccccn1)c1c([O-])on[n+]1-c1ccccc1. The van der Waals surface area contributed by atoms with Crippen LogP contribution in [0.25, 0.3) is 5.69 Å². The monoisotopic (exact) mass is 313 g/mol. The molecule has 0 aliphatic rings. The van der Waals surface area contributed by atoms with Crippen LogP contribution in [-0.2, 0) is 0 Å². The van der Waals surface area contributed by atoms with Crippen LogP contribution >= 0.6 is 11.8 Å². The van der Waals surface area contributed by atoms with Crippen molar-refractivity contribution in [3.05, 3.63) is 60.4 Å². The predicted molar refractivity (Wildman–Crippen MR) is 76.8 cm³/mol. The summed E-state index contributed by atoms with van der Waals surface area (Å²) in [5, 5.41) is 16.1. The number of rotatable bonds is 5. The zero-order chi connectivity index (χ0) is 15.4. The number of hydrogen-bond acceptors (Lipinski definition) is 6. The van der Waals surface area contributed by atoms with Gasteiger partial charge in [-0.15, -0.1) is 0 Å². The molecule has 2 aromatic heterocycles. The number of Topliss-reactive ketones (excluding diaryl/α,β-unsaturated/α-hetero) is 1. The summed E-state index contributed by atoms with van der Waals surface area (Å²) < 4.78 is 5.86. The highest BCUT2D eigenvalue weighted by Gasteiger charge is 2.27. The molecule has 0 aliphatic carbocycles. The van der Waals surface area contributed by atoms with Crippen molar-refractivity contribution in [2.45, 2.75) is 5.03 Å². The van der Waals surface area contributed by atoms with Gasteiger partial charge in [-0.3, -0.25) is 4.79 Å². The van der Waals surface area contributed by atoms with E-state index in [9.17, 15) is 9.90 Å². The Balaban J connectivity index is 1.82. The van der Waals surface area contributed by atoms with Crippen LogP contribution in [0.15, 0.2) is 64.3 Å². The second-order valence-electron chi connectivity index (χ2n) is 4.34. The van der Waals surface area contributed by atoms with Crippen molar-refractivity contribution in [1.82, 2.24) is 10.3 Å². The van der Waals surface area contributed by atoms with Gasteiger partial charge < -0.3 is 9.63 Å². The van der Waals surface area contributed by atoms with Crippen molar-refractivity contribution in [3.8, 4) is 11.6 Å². The highest BCUT2D eigenvalue weighted by molar-refractivity contribution is 7.99. The first-order chi connectivity index (χ1) is 10.8. The molecule has 110 valence electrons. The fourth-order valence-electron chi connectivity index (χ4n) is 1.87. The average molecular weight is 313 g/mol. The molecule has 0 radical (unpaired) electrons. The Morgan fingerprint density at radius 2 is 1.95 bits per heavy atom. The van der Waals surface area contributed by atoms with Gasteiger partial charge in [0.05, 0.1) is 16.1 Å². The fraction of sp³-hybridized carbons (Fsp3) is 0.0667. The number of ketones is 1. The summed E-state index contributed by atoms with van der Waals surface area (Å²) in [6.45, 7) is 0. The Kier molecular flexibility index (Phi) is 4.15. The summed E-state index contributed by atoms with van der Waals surface area (Å²) in [5.74, 6) is -1.01. The zero-order valence-electron chi connectivity index (χ0n) is 11.4. The number of carbonyl (C=O) groups is 1. The van der Waals surface area contributed by atoms with Crippen LogP contribution in [0.4, 0.5) is 0 Å². The second kappa shape index (κ2) is 6.40. The normalized spacial score (nSPS) is 10.5. The first-order valence-corrected chi connectivity index (χ1v) is 7.46. The van der Waals surface area contributed by atoms with E-state index in [4.69, 9.17) is 0 Å². The van der Waals surface area contributed by atoms with Gasteiger partial charge in [-0.2, -0.15) is 0 Å². The lowest BCUT2D eigenvalue weighted by atomic mass is 10.3. The van der Waals surface area contributed by atoms with E-state index >= 15 is 0 Å². The minimum Gasteiger partial charge on any atom is -0.539 e. The Hall–Kier alpha value is -2.67. The number of carbonyl (C=O) groups excluding carboxylic acids is 1. The van der Waals surface area contributed by atoms with Crippen molar-refractivity contribution < 1.29 is 19.1 Å². The van der Waals surface area contributed by atoms with Gasteiger partial charge in [0.1, 0.15) is 0 Å². The molecular weight excluding hydrogens is 302 g/mol. The Labute approximate surface area is 130 Å². The lowest BCUT2D eigenvalue weighted by Crippen LogP contribution is -2.39. The van der Waals surface area contributed by atoms with Crippen LogP contribution in [0.1, 0.15) is 10.5 Å². The van der Waals surface area contributed by atoms with Gasteiger partial charge >= 0.3 is 5.69 Å². The van der Waals surface area contributed by atoms with Crippen molar-refractivity contribution in [2.75, 3.05) is 5.75 Å². The molecular formula is C15H11N3O3S. The van der Waals surface area contributed by atoms with Crippen LogP contribution in [0.5, 0.6) is 5.95 Å². The van der Waals surface area contributed by atoms with Crippen molar-refractivity contribution in [3.63, 3.8) is 0 Å². The van der Waals surface area contributed by atoms with Crippen LogP contribution in [0, 0.1) is 0 Å². The van der Waals surface area contributed by atoms with E-state index in [-0.39, 0.29) is 17.2 Å². The van der Waals surface area contributed by atoms with Gasteiger partial charge in [0.15, 0.2) is 5.95 Å². The highest BCUT2D eigenvalue weighted by Crippen LogP contribution is 2.18. The number of nitrogens with zero attached hydrogens (tertiary/aromatic N) is 3. The summed E-state index contributed by atoms with van der Waals surface area (Å²) in [5.41, 5.74) is 0.508. The van der Waals surface area contributed by atoms with Crippen molar-refractivity contribution in [2.24, 2.45) is 0 Å². The number of benzene rings is 1. The molecule has 0 unspecified atom stereocenters. The third kappa shape index (κ3) is 2.99. The molecule has 0 amide bonds. The molecule has 1 aromatic carbocycles. The molecule has 0 saturated heterocycles. The molecule has 0 aliphatic heterocycles. The summed E-state index contributed by atoms with van der Waals surface area (Å²) >= 11 is 1.26. The molecule has 7 heteroatoms. The Bertz CT molecular complexity index is 775. The maximum Gasteiger partial charge on any atom is 0.307 e. The van der Waals surface area contributed by atoms with Gasteiger partial charge in [0.2, 0.25) is 11.5 Å². The third-order valence-electron chi connectivity index (χ3n) is 2.86. The lowest BCUT2D eigenvalue weighted by molar-refractivity contribution is -0.672.